The largest absolute Gasteiger partial charge is 0.359 e. The predicted molar refractivity (Wildman–Crippen MR) is 146 cm³/mol. The summed E-state index contributed by atoms with van der Waals surface area (Å²) in [4.78, 5) is 16.0. The van der Waals surface area contributed by atoms with Gasteiger partial charge in [0.15, 0.2) is 5.78 Å². The zero-order valence-corrected chi connectivity index (χ0v) is 20.8. The molecule has 1 aliphatic rings. The van der Waals surface area contributed by atoms with E-state index in [9.17, 15) is 4.79 Å². The maximum atomic E-state index is 12.7. The van der Waals surface area contributed by atoms with Gasteiger partial charge in [0.1, 0.15) is 0 Å². The van der Waals surface area contributed by atoms with Gasteiger partial charge in [-0.25, -0.2) is 0 Å². The Bertz CT molecular complexity index is 1030. The zero-order valence-electron chi connectivity index (χ0n) is 20.8. The number of H-pyrrole nitrogens is 1. The first-order valence-corrected chi connectivity index (χ1v) is 12.8. The van der Waals surface area contributed by atoms with Crippen molar-refractivity contribution in [3.8, 4) is 0 Å². The number of hydrogen-bond donors (Lipinski definition) is 1. The van der Waals surface area contributed by atoms with Gasteiger partial charge in [-0.15, -0.1) is 6.58 Å². The number of ketones is 1. The van der Waals surface area contributed by atoms with Gasteiger partial charge in [0.25, 0.3) is 0 Å². The van der Waals surface area contributed by atoms with Crippen LogP contribution in [0.3, 0.4) is 0 Å². The zero-order chi connectivity index (χ0) is 23.6. The van der Waals surface area contributed by atoms with Crippen LogP contribution in [0.25, 0.3) is 10.9 Å². The third-order valence-electron chi connectivity index (χ3n) is 7.08. The summed E-state index contributed by atoms with van der Waals surface area (Å²) in [6.07, 6.45) is 11.2. The summed E-state index contributed by atoms with van der Waals surface area (Å²) in [5, 5.41) is 1.18. The van der Waals surface area contributed by atoms with Gasteiger partial charge < -0.3 is 4.98 Å². The van der Waals surface area contributed by atoms with Gasteiger partial charge in [0, 0.05) is 26.0 Å². The Hall–Kier alpha value is -2.61. The first-order chi connectivity index (χ1) is 16.0. The normalized spacial score (nSPS) is 20.5. The summed E-state index contributed by atoms with van der Waals surface area (Å²) >= 11 is 0. The monoisotopic (exact) mass is 447 g/mol. The van der Waals surface area contributed by atoms with Crippen LogP contribution in [0.1, 0.15) is 83.3 Å². The lowest BCUT2D eigenvalue weighted by Crippen LogP contribution is -2.10. The van der Waals surface area contributed by atoms with Crippen molar-refractivity contribution in [2.45, 2.75) is 72.1 Å². The number of aromatic amines is 1. The topological polar surface area (TPSA) is 32.9 Å². The van der Waals surface area contributed by atoms with E-state index in [1.807, 2.05) is 25.1 Å². The molecule has 1 aliphatic carbocycles. The number of benzene rings is 2. The van der Waals surface area contributed by atoms with Crippen LogP contribution in [-0.4, -0.2) is 10.8 Å². The third-order valence-corrected chi connectivity index (χ3v) is 7.08. The summed E-state index contributed by atoms with van der Waals surface area (Å²) < 4.78 is 0. The van der Waals surface area contributed by atoms with E-state index in [0.717, 1.165) is 47.9 Å². The van der Waals surface area contributed by atoms with Crippen molar-refractivity contribution in [3.63, 3.8) is 0 Å². The van der Waals surface area contributed by atoms with Crippen LogP contribution in [0, 0.1) is 24.7 Å². The molecule has 0 bridgehead atoms. The van der Waals surface area contributed by atoms with E-state index in [0.29, 0.717) is 12.3 Å². The lowest BCUT2D eigenvalue weighted by Gasteiger charge is -2.19. The highest BCUT2D eigenvalue weighted by atomic mass is 16.1. The molecular weight excluding hydrogens is 402 g/mol. The van der Waals surface area contributed by atoms with E-state index < -0.39 is 0 Å². The summed E-state index contributed by atoms with van der Waals surface area (Å²) in [7, 11) is 0. The molecule has 4 rings (SSSR count). The summed E-state index contributed by atoms with van der Waals surface area (Å²) in [5.41, 5.74) is 4.46. The molecule has 180 valence electrons. The molecule has 33 heavy (non-hydrogen) atoms. The summed E-state index contributed by atoms with van der Waals surface area (Å²) in [5.74, 6) is 2.52. The van der Waals surface area contributed by atoms with E-state index >= 15 is 0 Å². The molecule has 1 N–H and O–H groups in total. The van der Waals surface area contributed by atoms with Crippen LogP contribution in [0.4, 0.5) is 0 Å². The summed E-state index contributed by atoms with van der Waals surface area (Å²) in [6, 6.07) is 18.6. The smallest absolute Gasteiger partial charge is 0.162 e. The Labute approximate surface area is 203 Å². The average Bonchev–Trinajstić information content (AvgIpc) is 3.11. The fourth-order valence-electron chi connectivity index (χ4n) is 5.22. The molecule has 2 nitrogen and oxygen atoms in total. The number of carbonyl (C=O) groups is 1. The standard InChI is InChI=1S/C23H31NO.C8H10.2H2/c1-4-5-18-7-6-16(2)12-19(14-18)8-11-23(25)21-10-9-20-13-17(3)24-22(20)15-21;1-2-8-6-4-3-5-7-8;;/h4,9-10,13,15-16,18-19,24H,1,5-8,11-12,14H2,2-3H3;3-7H,2H2,1H3;2*1H/t16-,18+,19-;;;/m0.../s1. The number of nitrogens with one attached hydrogen (secondary N) is 1. The lowest BCUT2D eigenvalue weighted by atomic mass is 9.86. The second-order valence-corrected chi connectivity index (χ2v) is 9.97. The Morgan fingerprint density at radius 2 is 1.88 bits per heavy atom. The summed E-state index contributed by atoms with van der Waals surface area (Å²) in [6.45, 7) is 10.5. The third kappa shape index (κ3) is 7.74. The van der Waals surface area contributed by atoms with Crippen molar-refractivity contribution in [2.24, 2.45) is 17.8 Å². The second kappa shape index (κ2) is 12.6. The lowest BCUT2D eigenvalue weighted by molar-refractivity contribution is 0.0970. The number of fused-ring (bicyclic) bond motifs is 1. The van der Waals surface area contributed by atoms with E-state index in [2.05, 4.69) is 67.9 Å². The van der Waals surface area contributed by atoms with Crippen molar-refractivity contribution in [1.82, 2.24) is 4.98 Å². The SMILES string of the molecule is C=CC[C@@H]1CC[C@H](C)C[C@H](CCC(=O)c2ccc3cc(C)[nH]c3c2)C1.CCc1ccccc1.[HH].[HH]. The van der Waals surface area contributed by atoms with E-state index in [1.54, 1.807) is 0 Å². The molecule has 0 radical (unpaired) electrons. The van der Waals surface area contributed by atoms with Gasteiger partial charge in [-0.1, -0.05) is 68.8 Å². The molecule has 0 aliphatic heterocycles. The average molecular weight is 448 g/mol. The Kier molecular flexibility index (Phi) is 9.54. The molecule has 1 fully saturated rings. The van der Waals surface area contributed by atoms with Crippen LogP contribution >= 0.6 is 0 Å². The Morgan fingerprint density at radius 3 is 2.58 bits per heavy atom. The fourth-order valence-corrected chi connectivity index (χ4v) is 5.22. The maximum Gasteiger partial charge on any atom is 0.162 e. The van der Waals surface area contributed by atoms with Gasteiger partial charge in [-0.3, -0.25) is 4.79 Å². The minimum Gasteiger partial charge on any atom is -0.359 e. The number of rotatable bonds is 7. The highest BCUT2D eigenvalue weighted by Gasteiger charge is 2.23. The van der Waals surface area contributed by atoms with Crippen molar-refractivity contribution in [2.75, 3.05) is 0 Å². The Morgan fingerprint density at radius 1 is 1.09 bits per heavy atom. The molecule has 2 heteroatoms. The minimum absolute atomic E-state index is 0. The van der Waals surface area contributed by atoms with Gasteiger partial charge in [-0.2, -0.15) is 0 Å². The minimum atomic E-state index is 0. The number of Topliss-reactive ketones (excluding diaryl/α,β-unsaturated/α-hetero) is 1. The molecular formula is C31H45NO. The van der Waals surface area contributed by atoms with Crippen molar-refractivity contribution in [1.29, 1.82) is 0 Å². The van der Waals surface area contributed by atoms with Crippen molar-refractivity contribution in [3.05, 3.63) is 84.1 Å². The van der Waals surface area contributed by atoms with Crippen molar-refractivity contribution < 1.29 is 7.65 Å². The fraction of sp³-hybridized carbons (Fsp3) is 0.452. The first-order valence-electron chi connectivity index (χ1n) is 12.8. The Balaban J connectivity index is 0.000000524. The number of aryl methyl sites for hydroxylation is 2. The van der Waals surface area contributed by atoms with E-state index in [-0.39, 0.29) is 8.64 Å². The highest BCUT2D eigenvalue weighted by Crippen LogP contribution is 2.35. The molecule has 1 saturated carbocycles. The molecule has 3 atom stereocenters. The van der Waals surface area contributed by atoms with Crippen LogP contribution < -0.4 is 0 Å². The number of carbonyl (C=O) groups excluding carboxylic acids is 1. The molecule has 0 spiro atoms. The molecule has 0 saturated heterocycles. The molecule has 1 heterocycles. The first kappa shape index (κ1) is 25.0. The van der Waals surface area contributed by atoms with E-state index in [4.69, 9.17) is 0 Å². The van der Waals surface area contributed by atoms with Crippen LogP contribution in [0.2, 0.25) is 0 Å². The predicted octanol–water partition coefficient (Wildman–Crippen LogP) is 9.20. The van der Waals surface area contributed by atoms with Crippen molar-refractivity contribution >= 4 is 16.7 Å². The van der Waals surface area contributed by atoms with Gasteiger partial charge >= 0.3 is 0 Å². The molecule has 0 amide bonds. The molecule has 0 unspecified atom stereocenters. The number of allylic oxidation sites excluding steroid dienone is 1. The van der Waals surface area contributed by atoms with Gasteiger partial charge in [0.2, 0.25) is 0 Å². The number of aromatic nitrogens is 1. The van der Waals surface area contributed by atoms with E-state index in [1.165, 1.54) is 36.6 Å². The van der Waals surface area contributed by atoms with Gasteiger partial charge in [0.05, 0.1) is 0 Å². The van der Waals surface area contributed by atoms with Crippen LogP contribution in [0.15, 0.2) is 67.3 Å². The van der Waals surface area contributed by atoms with Crippen LogP contribution in [0.5, 0.6) is 0 Å². The van der Waals surface area contributed by atoms with Crippen LogP contribution in [-0.2, 0) is 6.42 Å². The van der Waals surface area contributed by atoms with Gasteiger partial charge in [-0.05, 0) is 86.3 Å². The second-order valence-electron chi connectivity index (χ2n) is 9.97. The quantitative estimate of drug-likeness (QED) is 0.218. The maximum absolute atomic E-state index is 12.7. The number of hydrogen-bond acceptors (Lipinski definition) is 1. The molecule has 1 aromatic heterocycles. The molecule has 2 aromatic carbocycles. The molecule has 3 aromatic rings. The highest BCUT2D eigenvalue weighted by molar-refractivity contribution is 5.99.